The van der Waals surface area contributed by atoms with E-state index in [2.05, 4.69) is 26.5 Å². The van der Waals surface area contributed by atoms with E-state index in [0.717, 1.165) is 15.4 Å². The summed E-state index contributed by atoms with van der Waals surface area (Å²) < 4.78 is 6.62. The Morgan fingerprint density at radius 3 is 2.59 bits per heavy atom. The second-order valence-corrected chi connectivity index (χ2v) is 5.71. The van der Waals surface area contributed by atoms with E-state index in [1.807, 2.05) is 42.5 Å². The summed E-state index contributed by atoms with van der Waals surface area (Å²) in [5, 5.41) is 5.11. The first kappa shape index (κ1) is 14.5. The number of amides is 1. The molecule has 1 N–H and O–H groups in total. The maximum absolute atomic E-state index is 12.0. The van der Waals surface area contributed by atoms with Crippen LogP contribution in [0.2, 0.25) is 0 Å². The fourth-order valence-corrected chi connectivity index (χ4v) is 2.28. The number of benzene rings is 2. The molecule has 0 saturated carbocycles. The van der Waals surface area contributed by atoms with Crippen LogP contribution in [0.1, 0.15) is 23.0 Å². The summed E-state index contributed by atoms with van der Waals surface area (Å²) in [6.07, 6.45) is 0. The van der Waals surface area contributed by atoms with E-state index in [4.69, 9.17) is 4.42 Å². The monoisotopic (exact) mass is 356 g/mol. The summed E-state index contributed by atoms with van der Waals surface area (Å²) in [7, 11) is 0. The van der Waals surface area contributed by atoms with Crippen molar-refractivity contribution in [3.8, 4) is 0 Å². The zero-order valence-corrected chi connectivity index (χ0v) is 13.4. The zero-order chi connectivity index (χ0) is 15.5. The highest BCUT2D eigenvalue weighted by Gasteiger charge is 2.08. The molecule has 4 nitrogen and oxygen atoms in total. The van der Waals surface area contributed by atoms with Crippen LogP contribution < -0.4 is 5.43 Å². The Hall–Kier alpha value is -2.40. The number of carbonyl (C=O) groups excluding carboxylic acids is 1. The van der Waals surface area contributed by atoms with Gasteiger partial charge < -0.3 is 4.42 Å². The highest BCUT2D eigenvalue weighted by molar-refractivity contribution is 9.10. The summed E-state index contributed by atoms with van der Waals surface area (Å²) in [5.74, 6) is 0.375. The predicted molar refractivity (Wildman–Crippen MR) is 90.0 cm³/mol. The lowest BCUT2D eigenvalue weighted by molar-refractivity contribution is 0.0955. The standard InChI is InChI=1S/C17H13BrN2O2/c1-11(16-10-13-4-2-3-5-15(13)22-16)19-20-17(21)12-6-8-14(18)9-7-12/h2-10H,1H3,(H,20,21)/b19-11-. The minimum atomic E-state index is -0.261. The maximum Gasteiger partial charge on any atom is 0.271 e. The Kier molecular flexibility index (Phi) is 4.06. The Balaban J connectivity index is 1.76. The van der Waals surface area contributed by atoms with Crippen molar-refractivity contribution in [2.45, 2.75) is 6.92 Å². The molecule has 22 heavy (non-hydrogen) atoms. The number of hydrogen-bond acceptors (Lipinski definition) is 3. The number of halogens is 1. The number of furan rings is 1. The summed E-state index contributed by atoms with van der Waals surface area (Å²) in [6.45, 7) is 1.79. The van der Waals surface area contributed by atoms with E-state index in [-0.39, 0.29) is 5.91 Å². The van der Waals surface area contributed by atoms with Gasteiger partial charge in [-0.3, -0.25) is 4.79 Å². The van der Waals surface area contributed by atoms with Crippen LogP contribution in [-0.4, -0.2) is 11.6 Å². The van der Waals surface area contributed by atoms with Crippen LogP contribution in [0.3, 0.4) is 0 Å². The Morgan fingerprint density at radius 1 is 1.14 bits per heavy atom. The van der Waals surface area contributed by atoms with Gasteiger partial charge in [0.15, 0.2) is 5.76 Å². The van der Waals surface area contributed by atoms with Crippen molar-refractivity contribution in [3.05, 3.63) is 70.4 Å². The number of hydrogen-bond donors (Lipinski definition) is 1. The van der Waals surface area contributed by atoms with Gasteiger partial charge in [0.05, 0.1) is 0 Å². The van der Waals surface area contributed by atoms with Gasteiger partial charge in [-0.1, -0.05) is 34.1 Å². The largest absolute Gasteiger partial charge is 0.455 e. The van der Waals surface area contributed by atoms with Crippen LogP contribution in [0, 0.1) is 0 Å². The molecule has 0 fully saturated rings. The van der Waals surface area contributed by atoms with E-state index in [1.165, 1.54) is 0 Å². The summed E-state index contributed by atoms with van der Waals surface area (Å²) in [5.41, 5.74) is 4.49. The molecule has 0 atom stereocenters. The average molecular weight is 357 g/mol. The third-order valence-electron chi connectivity index (χ3n) is 3.21. The van der Waals surface area contributed by atoms with Crippen molar-refractivity contribution in [3.63, 3.8) is 0 Å². The molecule has 0 saturated heterocycles. The van der Waals surface area contributed by atoms with Crippen molar-refractivity contribution in [1.29, 1.82) is 0 Å². The first-order valence-electron chi connectivity index (χ1n) is 6.72. The van der Waals surface area contributed by atoms with Crippen molar-refractivity contribution < 1.29 is 9.21 Å². The van der Waals surface area contributed by atoms with Gasteiger partial charge in [0.1, 0.15) is 11.3 Å². The number of para-hydroxylation sites is 1. The summed E-state index contributed by atoms with van der Waals surface area (Å²) >= 11 is 3.33. The fraction of sp³-hybridized carbons (Fsp3) is 0.0588. The Morgan fingerprint density at radius 2 is 1.86 bits per heavy atom. The molecule has 0 aliphatic carbocycles. The highest BCUT2D eigenvalue weighted by Crippen LogP contribution is 2.19. The van der Waals surface area contributed by atoms with Gasteiger partial charge in [0, 0.05) is 15.4 Å². The molecule has 3 aromatic rings. The third kappa shape index (κ3) is 3.09. The predicted octanol–water partition coefficient (Wildman–Crippen LogP) is 4.35. The lowest BCUT2D eigenvalue weighted by Gasteiger charge is -2.01. The molecule has 0 aliphatic rings. The molecular formula is C17H13BrN2O2. The second kappa shape index (κ2) is 6.15. The second-order valence-electron chi connectivity index (χ2n) is 4.79. The molecule has 0 aliphatic heterocycles. The van der Waals surface area contributed by atoms with Gasteiger partial charge in [0.25, 0.3) is 5.91 Å². The molecule has 110 valence electrons. The van der Waals surface area contributed by atoms with Crippen LogP contribution in [0.15, 0.2) is 68.6 Å². The molecule has 0 spiro atoms. The van der Waals surface area contributed by atoms with Crippen LogP contribution in [0.25, 0.3) is 11.0 Å². The maximum atomic E-state index is 12.0. The average Bonchev–Trinajstić information content (AvgIpc) is 2.97. The van der Waals surface area contributed by atoms with Crippen molar-refractivity contribution >= 4 is 38.5 Å². The number of fused-ring (bicyclic) bond motifs is 1. The molecule has 1 amide bonds. The summed E-state index contributed by atoms with van der Waals surface area (Å²) in [4.78, 5) is 12.0. The lowest BCUT2D eigenvalue weighted by Crippen LogP contribution is -2.19. The minimum Gasteiger partial charge on any atom is -0.455 e. The molecule has 3 rings (SSSR count). The zero-order valence-electron chi connectivity index (χ0n) is 11.8. The van der Waals surface area contributed by atoms with Gasteiger partial charge in [-0.15, -0.1) is 0 Å². The van der Waals surface area contributed by atoms with Gasteiger partial charge in [-0.25, -0.2) is 5.43 Å². The molecule has 0 radical (unpaired) electrons. The first-order valence-corrected chi connectivity index (χ1v) is 7.52. The van der Waals surface area contributed by atoms with E-state index >= 15 is 0 Å². The quantitative estimate of drug-likeness (QED) is 0.560. The molecule has 1 heterocycles. The normalized spacial score (nSPS) is 11.6. The van der Waals surface area contributed by atoms with Crippen LogP contribution in [0.5, 0.6) is 0 Å². The highest BCUT2D eigenvalue weighted by atomic mass is 79.9. The van der Waals surface area contributed by atoms with Gasteiger partial charge in [-0.05, 0) is 43.3 Å². The van der Waals surface area contributed by atoms with Gasteiger partial charge in [-0.2, -0.15) is 5.10 Å². The van der Waals surface area contributed by atoms with Crippen molar-refractivity contribution in [1.82, 2.24) is 5.43 Å². The fourth-order valence-electron chi connectivity index (χ4n) is 2.02. The smallest absolute Gasteiger partial charge is 0.271 e. The topological polar surface area (TPSA) is 54.6 Å². The summed E-state index contributed by atoms with van der Waals surface area (Å²) in [6, 6.07) is 16.7. The number of nitrogens with zero attached hydrogens (tertiary/aromatic N) is 1. The van der Waals surface area contributed by atoms with E-state index in [9.17, 15) is 4.79 Å². The van der Waals surface area contributed by atoms with Crippen LogP contribution in [0.4, 0.5) is 0 Å². The number of carbonyl (C=O) groups is 1. The number of nitrogens with one attached hydrogen (secondary N) is 1. The molecule has 0 bridgehead atoms. The Labute approximate surface area is 136 Å². The van der Waals surface area contributed by atoms with Crippen molar-refractivity contribution in [2.75, 3.05) is 0 Å². The molecular weight excluding hydrogens is 344 g/mol. The molecule has 5 heteroatoms. The number of rotatable bonds is 3. The third-order valence-corrected chi connectivity index (χ3v) is 3.74. The van der Waals surface area contributed by atoms with Crippen LogP contribution >= 0.6 is 15.9 Å². The number of hydrazone groups is 1. The van der Waals surface area contributed by atoms with Crippen molar-refractivity contribution in [2.24, 2.45) is 5.10 Å². The van der Waals surface area contributed by atoms with Gasteiger partial charge in [0.2, 0.25) is 0 Å². The molecule has 0 unspecified atom stereocenters. The van der Waals surface area contributed by atoms with Crippen LogP contribution in [-0.2, 0) is 0 Å². The van der Waals surface area contributed by atoms with E-state index in [0.29, 0.717) is 17.0 Å². The Bertz CT molecular complexity index is 817. The lowest BCUT2D eigenvalue weighted by atomic mass is 10.2. The van der Waals surface area contributed by atoms with E-state index in [1.54, 1.807) is 19.1 Å². The minimum absolute atomic E-state index is 0.261. The SMILES string of the molecule is C/C(=N/NC(=O)c1ccc(Br)cc1)c1cc2ccccc2o1. The molecule has 1 aromatic heterocycles. The first-order chi connectivity index (χ1) is 10.6. The van der Waals surface area contributed by atoms with Gasteiger partial charge >= 0.3 is 0 Å². The molecule has 2 aromatic carbocycles. The van der Waals surface area contributed by atoms with E-state index < -0.39 is 0 Å².